The predicted octanol–water partition coefficient (Wildman–Crippen LogP) is 3.98. The molecule has 1 nitrogen and oxygen atoms in total. The number of halogens is 1. The van der Waals surface area contributed by atoms with E-state index < -0.39 is 0 Å². The van der Waals surface area contributed by atoms with Crippen molar-refractivity contribution in [3.8, 4) is 0 Å². The Morgan fingerprint density at radius 1 is 1.35 bits per heavy atom. The molecule has 0 aromatic heterocycles. The molecular formula is C14H20BrNS. The maximum absolute atomic E-state index is 3.55. The highest BCUT2D eigenvalue weighted by molar-refractivity contribution is 9.09. The molecule has 1 unspecified atom stereocenters. The molecule has 0 spiro atoms. The Balaban J connectivity index is 1.99. The number of fused-ring (bicyclic) bond motifs is 1. The molecule has 0 fully saturated rings. The number of hydrogen-bond donors (Lipinski definition) is 0. The molecule has 2 rings (SSSR count). The minimum absolute atomic E-state index is 0.724. The molecule has 17 heavy (non-hydrogen) atoms. The van der Waals surface area contributed by atoms with Crippen molar-refractivity contribution in [3.63, 3.8) is 0 Å². The average Bonchev–Trinajstić information content (AvgIpc) is 2.74. The number of nitrogens with zero attached hydrogens (tertiary/aromatic N) is 1. The second-order valence-corrected chi connectivity index (χ2v) is 6.39. The summed E-state index contributed by atoms with van der Waals surface area (Å²) in [5.74, 6) is 1.98. The number of thioether (sulfide) groups is 1. The van der Waals surface area contributed by atoms with E-state index in [1.807, 2.05) is 11.8 Å². The van der Waals surface area contributed by atoms with Crippen molar-refractivity contribution in [2.75, 3.05) is 30.7 Å². The minimum Gasteiger partial charge on any atom is -0.302 e. The Bertz CT molecular complexity index is 350. The first-order valence-corrected chi connectivity index (χ1v) is 8.46. The van der Waals surface area contributed by atoms with Gasteiger partial charge in [0.05, 0.1) is 0 Å². The van der Waals surface area contributed by atoms with Crippen LogP contribution in [0.1, 0.15) is 24.8 Å². The average molecular weight is 314 g/mol. The van der Waals surface area contributed by atoms with Crippen LogP contribution < -0.4 is 0 Å². The Kier molecular flexibility index (Phi) is 5.39. The van der Waals surface area contributed by atoms with Gasteiger partial charge in [-0.1, -0.05) is 41.1 Å². The summed E-state index contributed by atoms with van der Waals surface area (Å²) in [6.45, 7) is 5.86. The van der Waals surface area contributed by atoms with E-state index in [1.165, 1.54) is 30.2 Å². The zero-order valence-corrected chi connectivity index (χ0v) is 12.8. The van der Waals surface area contributed by atoms with E-state index in [2.05, 4.69) is 52.0 Å². The zero-order valence-electron chi connectivity index (χ0n) is 10.4. The second-order valence-electron chi connectivity index (χ2n) is 4.54. The summed E-state index contributed by atoms with van der Waals surface area (Å²) in [5.41, 5.74) is 1.56. The topological polar surface area (TPSA) is 3.24 Å². The summed E-state index contributed by atoms with van der Waals surface area (Å²) in [4.78, 5) is 4.08. The molecule has 0 amide bonds. The molecule has 1 aliphatic rings. The molecule has 1 aliphatic heterocycles. The molecule has 94 valence electrons. The molecule has 0 bridgehead atoms. The van der Waals surface area contributed by atoms with E-state index in [1.54, 1.807) is 5.56 Å². The van der Waals surface area contributed by atoms with E-state index in [0.29, 0.717) is 0 Å². The van der Waals surface area contributed by atoms with Gasteiger partial charge in [0, 0.05) is 35.0 Å². The van der Waals surface area contributed by atoms with Gasteiger partial charge in [-0.2, -0.15) is 0 Å². The highest BCUT2D eigenvalue weighted by Crippen LogP contribution is 2.39. The van der Waals surface area contributed by atoms with Crippen LogP contribution in [0.2, 0.25) is 0 Å². The fourth-order valence-electron chi connectivity index (χ4n) is 2.42. The monoisotopic (exact) mass is 313 g/mol. The van der Waals surface area contributed by atoms with Crippen LogP contribution in [0.3, 0.4) is 0 Å². The first-order valence-electron chi connectivity index (χ1n) is 6.35. The minimum atomic E-state index is 0.724. The van der Waals surface area contributed by atoms with Crippen molar-refractivity contribution in [1.82, 2.24) is 4.90 Å². The van der Waals surface area contributed by atoms with E-state index in [9.17, 15) is 0 Å². The van der Waals surface area contributed by atoms with Gasteiger partial charge < -0.3 is 4.90 Å². The molecule has 0 N–H and O–H groups in total. The zero-order chi connectivity index (χ0) is 12.1. The molecule has 3 heteroatoms. The van der Waals surface area contributed by atoms with Crippen LogP contribution in [0.25, 0.3) is 0 Å². The number of rotatable bonds is 6. The van der Waals surface area contributed by atoms with Crippen molar-refractivity contribution in [2.24, 2.45) is 0 Å². The fourth-order valence-corrected chi connectivity index (χ4v) is 4.17. The van der Waals surface area contributed by atoms with Gasteiger partial charge in [-0.15, -0.1) is 11.8 Å². The van der Waals surface area contributed by atoms with Crippen LogP contribution in [0.5, 0.6) is 0 Å². The predicted molar refractivity (Wildman–Crippen MR) is 80.4 cm³/mol. The van der Waals surface area contributed by atoms with Gasteiger partial charge in [0.15, 0.2) is 0 Å². The van der Waals surface area contributed by atoms with Gasteiger partial charge in [-0.3, -0.25) is 0 Å². The third-order valence-corrected chi connectivity index (χ3v) is 4.82. The quantitative estimate of drug-likeness (QED) is 0.731. The van der Waals surface area contributed by atoms with E-state index in [0.717, 1.165) is 17.8 Å². The lowest BCUT2D eigenvalue weighted by molar-refractivity contribution is 0.279. The van der Waals surface area contributed by atoms with Gasteiger partial charge in [0.1, 0.15) is 0 Å². The van der Waals surface area contributed by atoms with E-state index >= 15 is 0 Å². The van der Waals surface area contributed by atoms with Gasteiger partial charge in [-0.25, -0.2) is 0 Å². The fraction of sp³-hybridized carbons (Fsp3) is 0.571. The highest BCUT2D eigenvalue weighted by Gasteiger charge is 2.24. The second kappa shape index (κ2) is 6.81. The molecule has 0 saturated heterocycles. The summed E-state index contributed by atoms with van der Waals surface area (Å²) in [6.07, 6.45) is 1.24. The van der Waals surface area contributed by atoms with Crippen molar-refractivity contribution in [2.45, 2.75) is 24.2 Å². The van der Waals surface area contributed by atoms with Gasteiger partial charge in [-0.05, 0) is 24.6 Å². The summed E-state index contributed by atoms with van der Waals surface area (Å²) in [6, 6.07) is 8.88. The summed E-state index contributed by atoms with van der Waals surface area (Å²) in [7, 11) is 0. The summed E-state index contributed by atoms with van der Waals surface area (Å²) < 4.78 is 0. The lowest BCUT2D eigenvalue weighted by atomic mass is 10.0. The van der Waals surface area contributed by atoms with Crippen molar-refractivity contribution >= 4 is 27.7 Å². The molecule has 1 atom stereocenters. The van der Waals surface area contributed by atoms with Crippen LogP contribution in [-0.2, 0) is 0 Å². The highest BCUT2D eigenvalue weighted by atomic mass is 79.9. The molecule has 0 aliphatic carbocycles. The normalized spacial score (nSPS) is 18.6. The first kappa shape index (κ1) is 13.4. The van der Waals surface area contributed by atoms with Crippen molar-refractivity contribution in [3.05, 3.63) is 29.8 Å². The maximum Gasteiger partial charge on any atom is 0.0159 e. The number of hydrogen-bond acceptors (Lipinski definition) is 2. The van der Waals surface area contributed by atoms with Crippen LogP contribution in [0.15, 0.2) is 29.2 Å². The third-order valence-electron chi connectivity index (χ3n) is 3.22. The number of benzene rings is 1. The van der Waals surface area contributed by atoms with E-state index in [-0.39, 0.29) is 0 Å². The lowest BCUT2D eigenvalue weighted by Crippen LogP contribution is -2.31. The molecule has 0 radical (unpaired) electrons. The van der Waals surface area contributed by atoms with Gasteiger partial charge >= 0.3 is 0 Å². The van der Waals surface area contributed by atoms with Crippen LogP contribution in [0.4, 0.5) is 0 Å². The van der Waals surface area contributed by atoms with Crippen molar-refractivity contribution < 1.29 is 0 Å². The maximum atomic E-state index is 3.55. The molecule has 1 aromatic rings. The lowest BCUT2D eigenvalue weighted by Gasteiger charge is -2.24. The van der Waals surface area contributed by atoms with Gasteiger partial charge in [0.2, 0.25) is 0 Å². The molecular weight excluding hydrogens is 294 g/mol. The van der Waals surface area contributed by atoms with Gasteiger partial charge in [0.25, 0.3) is 0 Å². The third kappa shape index (κ3) is 3.49. The smallest absolute Gasteiger partial charge is 0.0159 e. The first-order chi connectivity index (χ1) is 8.35. The number of alkyl halides is 1. The van der Waals surface area contributed by atoms with Crippen LogP contribution in [0, 0.1) is 0 Å². The van der Waals surface area contributed by atoms with Crippen LogP contribution >= 0.6 is 27.7 Å². The Morgan fingerprint density at radius 3 is 2.94 bits per heavy atom. The molecule has 1 heterocycles. The van der Waals surface area contributed by atoms with E-state index in [4.69, 9.17) is 0 Å². The molecule has 0 saturated carbocycles. The van der Waals surface area contributed by atoms with Crippen molar-refractivity contribution in [1.29, 1.82) is 0 Å². The molecule has 1 aromatic carbocycles. The summed E-state index contributed by atoms with van der Waals surface area (Å²) in [5, 5.41) is 1.08. The SMILES string of the molecule is CCCN(CCBr)CC1CSc2ccccc21. The van der Waals surface area contributed by atoms with Crippen LogP contribution in [-0.4, -0.2) is 35.6 Å². The summed E-state index contributed by atoms with van der Waals surface area (Å²) >= 11 is 5.57. The Labute approximate surface area is 117 Å². The largest absolute Gasteiger partial charge is 0.302 e. The Morgan fingerprint density at radius 2 is 2.18 bits per heavy atom. The standard InChI is InChI=1S/C14H20BrNS/c1-2-8-16(9-7-15)10-12-11-17-14-6-4-3-5-13(12)14/h3-6,12H,2,7-11H2,1H3. The Hall–Kier alpha value is 0.0100.